The highest BCUT2D eigenvalue weighted by Gasteiger charge is 2.37. The molecular formula is C16H13F6NO4S. The summed E-state index contributed by atoms with van der Waals surface area (Å²) in [5.41, 5.74) is -2.98. The van der Waals surface area contributed by atoms with Gasteiger partial charge in [0.05, 0.1) is 16.0 Å². The largest absolute Gasteiger partial charge is 0.490 e. The molecule has 0 bridgehead atoms. The van der Waals surface area contributed by atoms with E-state index in [0.29, 0.717) is 12.1 Å². The van der Waals surface area contributed by atoms with Crippen molar-refractivity contribution in [1.82, 2.24) is 0 Å². The second-order valence-corrected chi connectivity index (χ2v) is 7.02. The Morgan fingerprint density at radius 3 is 1.57 bits per heavy atom. The first-order chi connectivity index (χ1) is 12.8. The van der Waals surface area contributed by atoms with Crippen molar-refractivity contribution in [1.29, 1.82) is 0 Å². The van der Waals surface area contributed by atoms with Crippen LogP contribution in [0.3, 0.4) is 0 Å². The van der Waals surface area contributed by atoms with Gasteiger partial charge < -0.3 is 9.47 Å². The Kier molecular flexibility index (Phi) is 6.14. The molecule has 0 radical (unpaired) electrons. The van der Waals surface area contributed by atoms with Crippen LogP contribution in [0.4, 0.5) is 26.3 Å². The van der Waals surface area contributed by atoms with Crippen LogP contribution in [-0.2, 0) is 22.4 Å². The van der Waals surface area contributed by atoms with Crippen molar-refractivity contribution in [2.24, 2.45) is 5.14 Å². The summed E-state index contributed by atoms with van der Waals surface area (Å²) >= 11 is 0. The van der Waals surface area contributed by atoms with E-state index in [-0.39, 0.29) is 29.9 Å². The lowest BCUT2D eigenvalue weighted by atomic mass is 10.1. The van der Waals surface area contributed by atoms with E-state index in [9.17, 15) is 34.8 Å². The minimum atomic E-state index is -4.97. The number of sulfonamides is 1. The monoisotopic (exact) mass is 429 g/mol. The van der Waals surface area contributed by atoms with Gasteiger partial charge in [-0.25, -0.2) is 13.6 Å². The zero-order chi connectivity index (χ0) is 21.2. The average molecular weight is 429 g/mol. The van der Waals surface area contributed by atoms with Gasteiger partial charge >= 0.3 is 12.4 Å². The van der Waals surface area contributed by atoms with Crippen molar-refractivity contribution in [2.45, 2.75) is 17.2 Å². The highest BCUT2D eigenvalue weighted by atomic mass is 32.2. The predicted octanol–water partition coefficient (Wildman–Crippen LogP) is 3.83. The number of ether oxygens (including phenoxy) is 2. The van der Waals surface area contributed by atoms with E-state index >= 15 is 0 Å². The molecular weight excluding hydrogens is 416 g/mol. The predicted molar refractivity (Wildman–Crippen MR) is 85.3 cm³/mol. The summed E-state index contributed by atoms with van der Waals surface area (Å²) in [7, 11) is -3.88. The number of hydrogen-bond acceptors (Lipinski definition) is 4. The SMILES string of the molecule is NS(=O)(=O)c1ccc(OCCOc2cc(C(F)(F)F)cc(C(F)(F)F)c2)cc1. The van der Waals surface area contributed by atoms with Gasteiger partial charge in [0.25, 0.3) is 0 Å². The quantitative estimate of drug-likeness (QED) is 0.559. The second-order valence-electron chi connectivity index (χ2n) is 5.45. The molecule has 5 nitrogen and oxygen atoms in total. The molecule has 0 unspecified atom stereocenters. The molecule has 0 aliphatic rings. The molecule has 0 saturated carbocycles. The van der Waals surface area contributed by atoms with Gasteiger partial charge in [0.1, 0.15) is 24.7 Å². The zero-order valence-electron chi connectivity index (χ0n) is 13.8. The Bertz CT molecular complexity index is 891. The van der Waals surface area contributed by atoms with E-state index < -0.39 is 39.3 Å². The zero-order valence-corrected chi connectivity index (χ0v) is 14.7. The molecule has 28 heavy (non-hydrogen) atoms. The molecule has 2 aromatic rings. The number of alkyl halides is 6. The highest BCUT2D eigenvalue weighted by Crippen LogP contribution is 2.38. The van der Waals surface area contributed by atoms with Crippen LogP contribution in [0, 0.1) is 0 Å². The molecule has 2 aromatic carbocycles. The Hall–Kier alpha value is -2.47. The van der Waals surface area contributed by atoms with Crippen LogP contribution in [0.1, 0.15) is 11.1 Å². The first kappa shape index (κ1) is 21.8. The molecule has 0 amide bonds. The summed E-state index contributed by atoms with van der Waals surface area (Å²) in [5, 5.41) is 4.93. The van der Waals surface area contributed by atoms with Gasteiger partial charge in [0.2, 0.25) is 10.0 Å². The minimum Gasteiger partial charge on any atom is -0.490 e. The standard InChI is InChI=1S/C16H13F6NO4S/c17-15(18,19)10-7-11(16(20,21)22)9-13(8-10)27-6-5-26-12-1-3-14(4-2-12)28(23,24)25/h1-4,7-9H,5-6H2,(H2,23,24,25). The van der Waals surface area contributed by atoms with E-state index in [1.165, 1.54) is 24.3 Å². The van der Waals surface area contributed by atoms with Crippen molar-refractivity contribution < 1.29 is 44.2 Å². The van der Waals surface area contributed by atoms with Gasteiger partial charge in [-0.3, -0.25) is 0 Å². The van der Waals surface area contributed by atoms with Gasteiger partial charge in [-0.05, 0) is 42.5 Å². The van der Waals surface area contributed by atoms with Crippen molar-refractivity contribution >= 4 is 10.0 Å². The molecule has 2 N–H and O–H groups in total. The number of rotatable bonds is 6. The average Bonchev–Trinajstić information content (AvgIpc) is 2.56. The Morgan fingerprint density at radius 2 is 1.18 bits per heavy atom. The van der Waals surface area contributed by atoms with Crippen LogP contribution in [-0.4, -0.2) is 21.6 Å². The number of nitrogens with two attached hydrogens (primary N) is 1. The minimum absolute atomic E-state index is 0.00356. The first-order valence-electron chi connectivity index (χ1n) is 7.45. The van der Waals surface area contributed by atoms with E-state index in [4.69, 9.17) is 14.6 Å². The first-order valence-corrected chi connectivity index (χ1v) is 8.99. The highest BCUT2D eigenvalue weighted by molar-refractivity contribution is 7.89. The van der Waals surface area contributed by atoms with Crippen LogP contribution in [0.5, 0.6) is 11.5 Å². The number of halogens is 6. The number of primary sulfonamides is 1. The third kappa shape index (κ3) is 6.02. The molecule has 0 aliphatic heterocycles. The lowest BCUT2D eigenvalue weighted by molar-refractivity contribution is -0.143. The maximum atomic E-state index is 12.8. The fourth-order valence-corrected chi connectivity index (χ4v) is 2.57. The van der Waals surface area contributed by atoms with Crippen LogP contribution < -0.4 is 14.6 Å². The van der Waals surface area contributed by atoms with Crippen molar-refractivity contribution in [3.05, 3.63) is 53.6 Å². The molecule has 12 heteroatoms. The van der Waals surface area contributed by atoms with E-state index in [1.807, 2.05) is 0 Å². The maximum Gasteiger partial charge on any atom is 0.416 e. The molecule has 0 aromatic heterocycles. The van der Waals surface area contributed by atoms with Crippen molar-refractivity contribution in [2.75, 3.05) is 13.2 Å². The van der Waals surface area contributed by atoms with Gasteiger partial charge in [-0.2, -0.15) is 26.3 Å². The third-order valence-corrected chi connectivity index (χ3v) is 4.26. The lowest BCUT2D eigenvalue weighted by Gasteiger charge is -2.15. The summed E-state index contributed by atoms with van der Waals surface area (Å²) < 4.78 is 109. The van der Waals surface area contributed by atoms with E-state index in [2.05, 4.69) is 0 Å². The Labute approximate surface area is 155 Å². The summed E-state index contributed by atoms with van der Waals surface area (Å²) in [4.78, 5) is -0.153. The van der Waals surface area contributed by atoms with Crippen LogP contribution in [0.15, 0.2) is 47.4 Å². The van der Waals surface area contributed by atoms with Gasteiger partial charge in [0, 0.05) is 0 Å². The van der Waals surface area contributed by atoms with E-state index in [1.54, 1.807) is 0 Å². The van der Waals surface area contributed by atoms with Gasteiger partial charge in [-0.1, -0.05) is 0 Å². The lowest BCUT2D eigenvalue weighted by Crippen LogP contribution is -2.14. The number of benzene rings is 2. The molecule has 0 spiro atoms. The molecule has 154 valence electrons. The maximum absolute atomic E-state index is 12.8. The molecule has 0 aliphatic carbocycles. The van der Waals surface area contributed by atoms with E-state index in [0.717, 1.165) is 0 Å². The van der Waals surface area contributed by atoms with Crippen LogP contribution >= 0.6 is 0 Å². The summed E-state index contributed by atoms with van der Waals surface area (Å²) in [5.74, 6) is -0.411. The molecule has 0 fully saturated rings. The van der Waals surface area contributed by atoms with Crippen molar-refractivity contribution in [3.8, 4) is 11.5 Å². The topological polar surface area (TPSA) is 78.6 Å². The molecule has 2 rings (SSSR count). The Morgan fingerprint density at radius 1 is 0.750 bits per heavy atom. The smallest absolute Gasteiger partial charge is 0.416 e. The van der Waals surface area contributed by atoms with Crippen molar-refractivity contribution in [3.63, 3.8) is 0 Å². The Balaban J connectivity index is 2.02. The van der Waals surface area contributed by atoms with Crippen LogP contribution in [0.25, 0.3) is 0 Å². The molecule has 0 heterocycles. The second kappa shape index (κ2) is 7.87. The summed E-state index contributed by atoms with van der Waals surface area (Å²) in [6.45, 7) is -0.568. The summed E-state index contributed by atoms with van der Waals surface area (Å²) in [6.07, 6.45) is -9.94. The fourth-order valence-electron chi connectivity index (χ4n) is 2.05. The van der Waals surface area contributed by atoms with Crippen LogP contribution in [0.2, 0.25) is 0 Å². The summed E-state index contributed by atoms with van der Waals surface area (Å²) in [6, 6.07) is 5.82. The van der Waals surface area contributed by atoms with Gasteiger partial charge in [-0.15, -0.1) is 0 Å². The number of hydrogen-bond donors (Lipinski definition) is 1. The molecule has 0 saturated heterocycles. The third-order valence-electron chi connectivity index (χ3n) is 3.33. The normalized spacial score (nSPS) is 12.7. The fraction of sp³-hybridized carbons (Fsp3) is 0.250. The van der Waals surface area contributed by atoms with Gasteiger partial charge in [0.15, 0.2) is 0 Å². The molecule has 0 atom stereocenters.